The Morgan fingerprint density at radius 1 is 1.04 bits per heavy atom. The Labute approximate surface area is 179 Å². The lowest BCUT2D eigenvalue weighted by Gasteiger charge is -2.33. The van der Waals surface area contributed by atoms with Gasteiger partial charge in [-0.25, -0.2) is 4.39 Å². The lowest BCUT2D eigenvalue weighted by molar-refractivity contribution is -0.135. The van der Waals surface area contributed by atoms with E-state index in [-0.39, 0.29) is 36.7 Å². The van der Waals surface area contributed by atoms with E-state index in [1.807, 2.05) is 12.1 Å². The van der Waals surface area contributed by atoms with Crippen molar-refractivity contribution in [3.8, 4) is 0 Å². The molecule has 3 aliphatic rings. The summed E-state index contributed by atoms with van der Waals surface area (Å²) in [7, 11) is 0. The summed E-state index contributed by atoms with van der Waals surface area (Å²) in [4.78, 5) is 20.0. The molecule has 3 heterocycles. The van der Waals surface area contributed by atoms with E-state index < -0.39 is 0 Å². The predicted octanol–water partition coefficient (Wildman–Crippen LogP) is 2.14. The predicted molar refractivity (Wildman–Crippen MR) is 114 cm³/mol. The van der Waals surface area contributed by atoms with Gasteiger partial charge in [-0.3, -0.25) is 14.6 Å². The zero-order chi connectivity index (χ0) is 17.9. The van der Waals surface area contributed by atoms with Gasteiger partial charge in [-0.1, -0.05) is 12.1 Å². The highest BCUT2D eigenvalue weighted by Crippen LogP contribution is 2.25. The van der Waals surface area contributed by atoms with Gasteiger partial charge in [0.15, 0.2) is 0 Å². The van der Waals surface area contributed by atoms with Crippen LogP contribution >= 0.6 is 24.8 Å². The summed E-state index contributed by atoms with van der Waals surface area (Å²) in [5.41, 5.74) is 1.08. The standard InChI is InChI=1S/C20H29FN4O.2ClH/c21-17-5-3-16(4-6-17)14-24-10-1-2-19(24)20(26)25-11-7-18(15-25)23-12-8-22-9-13-23;;/h3-6,18-19,22H,1-2,7-15H2;2*1H. The summed E-state index contributed by atoms with van der Waals surface area (Å²) >= 11 is 0. The molecule has 2 unspecified atom stereocenters. The van der Waals surface area contributed by atoms with Crippen LogP contribution in [0, 0.1) is 5.82 Å². The summed E-state index contributed by atoms with van der Waals surface area (Å²) in [6.07, 6.45) is 3.10. The van der Waals surface area contributed by atoms with E-state index in [4.69, 9.17) is 0 Å². The normalized spacial score (nSPS) is 26.0. The van der Waals surface area contributed by atoms with Crippen LogP contribution in [0.2, 0.25) is 0 Å². The molecule has 0 saturated carbocycles. The Hall–Kier alpha value is -0.920. The first-order valence-electron chi connectivity index (χ1n) is 9.93. The average molecular weight is 433 g/mol. The van der Waals surface area contributed by atoms with Gasteiger partial charge in [0.1, 0.15) is 5.82 Å². The molecule has 8 heteroatoms. The van der Waals surface area contributed by atoms with E-state index in [2.05, 4.69) is 20.0 Å². The van der Waals surface area contributed by atoms with Crippen LogP contribution in [0.5, 0.6) is 0 Å². The van der Waals surface area contributed by atoms with E-state index in [1.54, 1.807) is 0 Å². The van der Waals surface area contributed by atoms with Crippen LogP contribution in [-0.2, 0) is 11.3 Å². The van der Waals surface area contributed by atoms with Gasteiger partial charge in [-0.2, -0.15) is 0 Å². The molecular weight excluding hydrogens is 402 g/mol. The Morgan fingerprint density at radius 2 is 1.75 bits per heavy atom. The number of nitrogens with one attached hydrogen (secondary N) is 1. The molecule has 5 nitrogen and oxygen atoms in total. The van der Waals surface area contributed by atoms with E-state index in [0.29, 0.717) is 11.9 Å². The molecule has 158 valence electrons. The SMILES string of the molecule is Cl.Cl.O=C(C1CCCN1Cc1ccc(F)cc1)N1CCC(N2CCNCC2)C1. The van der Waals surface area contributed by atoms with Crippen LogP contribution < -0.4 is 5.32 Å². The number of hydrogen-bond donors (Lipinski definition) is 1. The molecule has 0 aromatic heterocycles. The van der Waals surface area contributed by atoms with E-state index in [9.17, 15) is 9.18 Å². The second-order valence-electron chi connectivity index (χ2n) is 7.77. The number of piperazine rings is 1. The lowest BCUT2D eigenvalue weighted by Crippen LogP contribution is -2.50. The number of halogens is 3. The van der Waals surface area contributed by atoms with Crippen molar-refractivity contribution < 1.29 is 9.18 Å². The molecule has 0 spiro atoms. The quantitative estimate of drug-likeness (QED) is 0.790. The van der Waals surface area contributed by atoms with Crippen molar-refractivity contribution in [3.05, 3.63) is 35.6 Å². The number of amides is 1. The third-order valence-corrected chi connectivity index (χ3v) is 6.09. The van der Waals surface area contributed by atoms with Crippen LogP contribution in [0.15, 0.2) is 24.3 Å². The van der Waals surface area contributed by atoms with Crippen molar-refractivity contribution in [1.29, 1.82) is 0 Å². The molecule has 3 saturated heterocycles. The first-order valence-corrected chi connectivity index (χ1v) is 9.93. The van der Waals surface area contributed by atoms with Gasteiger partial charge in [-0.15, -0.1) is 24.8 Å². The maximum absolute atomic E-state index is 13.1. The van der Waals surface area contributed by atoms with Crippen molar-refractivity contribution in [2.45, 2.75) is 37.9 Å². The van der Waals surface area contributed by atoms with Crippen molar-refractivity contribution >= 4 is 30.7 Å². The summed E-state index contributed by atoms with van der Waals surface area (Å²) < 4.78 is 13.1. The van der Waals surface area contributed by atoms with Gasteiger partial charge >= 0.3 is 0 Å². The van der Waals surface area contributed by atoms with Gasteiger partial charge in [0.2, 0.25) is 5.91 Å². The molecule has 1 amide bonds. The van der Waals surface area contributed by atoms with Crippen LogP contribution in [0.4, 0.5) is 4.39 Å². The number of carbonyl (C=O) groups excluding carboxylic acids is 1. The number of rotatable bonds is 4. The van der Waals surface area contributed by atoms with Gasteiger partial charge in [0.25, 0.3) is 0 Å². The fourth-order valence-electron chi connectivity index (χ4n) is 4.62. The summed E-state index contributed by atoms with van der Waals surface area (Å²) in [5, 5.41) is 3.40. The summed E-state index contributed by atoms with van der Waals surface area (Å²) in [6, 6.07) is 7.16. The highest BCUT2D eigenvalue weighted by Gasteiger charge is 2.37. The minimum atomic E-state index is -0.209. The number of benzene rings is 1. The second kappa shape index (κ2) is 10.7. The molecule has 0 radical (unpaired) electrons. The molecule has 0 aliphatic carbocycles. The fraction of sp³-hybridized carbons (Fsp3) is 0.650. The zero-order valence-electron chi connectivity index (χ0n) is 16.2. The second-order valence-corrected chi connectivity index (χ2v) is 7.77. The van der Waals surface area contributed by atoms with Gasteiger partial charge in [0.05, 0.1) is 6.04 Å². The Kier molecular flexibility index (Phi) is 8.96. The number of nitrogens with zero attached hydrogens (tertiary/aromatic N) is 3. The minimum absolute atomic E-state index is 0. The van der Waals surface area contributed by atoms with Crippen molar-refractivity contribution in [2.24, 2.45) is 0 Å². The third kappa shape index (κ3) is 5.36. The van der Waals surface area contributed by atoms with Crippen LogP contribution in [0.1, 0.15) is 24.8 Å². The van der Waals surface area contributed by atoms with E-state index >= 15 is 0 Å². The van der Waals surface area contributed by atoms with E-state index in [0.717, 1.165) is 77.2 Å². The molecule has 4 rings (SSSR count). The van der Waals surface area contributed by atoms with Gasteiger partial charge < -0.3 is 10.2 Å². The van der Waals surface area contributed by atoms with Crippen molar-refractivity contribution in [1.82, 2.24) is 20.0 Å². The average Bonchev–Trinajstić information content (AvgIpc) is 3.34. The molecule has 1 aromatic rings. The van der Waals surface area contributed by atoms with Gasteiger partial charge in [-0.05, 0) is 43.5 Å². The number of carbonyl (C=O) groups is 1. The number of likely N-dealkylation sites (tertiary alicyclic amines) is 2. The molecule has 1 N–H and O–H groups in total. The summed E-state index contributed by atoms with van der Waals surface area (Å²) in [6.45, 7) is 7.72. The molecule has 2 atom stereocenters. The molecule has 3 aliphatic heterocycles. The monoisotopic (exact) mass is 432 g/mol. The Morgan fingerprint density at radius 3 is 2.46 bits per heavy atom. The van der Waals surface area contributed by atoms with Crippen LogP contribution in [0.3, 0.4) is 0 Å². The maximum atomic E-state index is 13.1. The Balaban J connectivity index is 0.00000140. The first kappa shape index (κ1) is 23.4. The third-order valence-electron chi connectivity index (χ3n) is 6.09. The molecule has 1 aromatic carbocycles. The minimum Gasteiger partial charge on any atom is -0.340 e. The fourth-order valence-corrected chi connectivity index (χ4v) is 4.62. The van der Waals surface area contributed by atoms with Crippen molar-refractivity contribution in [3.63, 3.8) is 0 Å². The molecule has 3 fully saturated rings. The Bertz CT molecular complexity index is 627. The van der Waals surface area contributed by atoms with Crippen LogP contribution in [0.25, 0.3) is 0 Å². The van der Waals surface area contributed by atoms with E-state index in [1.165, 1.54) is 12.1 Å². The topological polar surface area (TPSA) is 38.8 Å². The van der Waals surface area contributed by atoms with Crippen LogP contribution in [-0.4, -0.2) is 78.5 Å². The smallest absolute Gasteiger partial charge is 0.239 e. The summed E-state index contributed by atoms with van der Waals surface area (Å²) in [5.74, 6) is 0.0843. The highest BCUT2D eigenvalue weighted by molar-refractivity contribution is 5.85. The van der Waals surface area contributed by atoms with Crippen molar-refractivity contribution in [2.75, 3.05) is 45.8 Å². The first-order chi connectivity index (χ1) is 12.7. The zero-order valence-corrected chi connectivity index (χ0v) is 17.8. The van der Waals surface area contributed by atoms with Gasteiger partial charge in [0, 0.05) is 51.9 Å². The molecular formula is C20H31Cl2FN4O. The molecule has 28 heavy (non-hydrogen) atoms. The molecule has 0 bridgehead atoms. The number of hydrogen-bond acceptors (Lipinski definition) is 4. The largest absolute Gasteiger partial charge is 0.340 e. The highest BCUT2D eigenvalue weighted by atomic mass is 35.5. The lowest BCUT2D eigenvalue weighted by atomic mass is 10.1. The maximum Gasteiger partial charge on any atom is 0.239 e.